The maximum Gasteiger partial charge on any atom is 0.335 e. The van der Waals surface area contributed by atoms with Gasteiger partial charge in [-0.25, -0.2) is 4.79 Å². The Balaban J connectivity index is 1.98. The molecule has 0 fully saturated rings. The van der Waals surface area contributed by atoms with Gasteiger partial charge in [0.05, 0.1) is 18.7 Å². The number of amides is 1. The maximum absolute atomic E-state index is 12.2. The summed E-state index contributed by atoms with van der Waals surface area (Å²) < 4.78 is 10.5. The van der Waals surface area contributed by atoms with Gasteiger partial charge in [-0.1, -0.05) is 30.3 Å². The van der Waals surface area contributed by atoms with Crippen LogP contribution < -0.4 is 14.8 Å². The van der Waals surface area contributed by atoms with Crippen LogP contribution in [0.5, 0.6) is 11.5 Å². The molecule has 27 heavy (non-hydrogen) atoms. The summed E-state index contributed by atoms with van der Waals surface area (Å²) >= 11 is 0. The number of hydrogen-bond acceptors (Lipinski definition) is 5. The van der Waals surface area contributed by atoms with E-state index in [0.29, 0.717) is 6.42 Å². The SMILES string of the molecule is COc1cc(C(=O)O)ccc1OCC(=O)NC(Cc1ccccc1)C(C)=O. The lowest BCUT2D eigenvalue weighted by molar-refractivity contribution is -0.128. The van der Waals surface area contributed by atoms with Crippen LogP contribution in [-0.2, 0) is 16.0 Å². The third-order valence-corrected chi connectivity index (χ3v) is 3.88. The van der Waals surface area contributed by atoms with Crippen molar-refractivity contribution in [3.05, 3.63) is 59.7 Å². The fourth-order valence-corrected chi connectivity index (χ4v) is 2.45. The average Bonchev–Trinajstić information content (AvgIpc) is 2.66. The summed E-state index contributed by atoms with van der Waals surface area (Å²) in [6.45, 7) is 1.09. The van der Waals surface area contributed by atoms with E-state index in [0.717, 1.165) is 5.56 Å². The summed E-state index contributed by atoms with van der Waals surface area (Å²) in [6.07, 6.45) is 0.387. The van der Waals surface area contributed by atoms with E-state index in [2.05, 4.69) is 5.32 Å². The quantitative estimate of drug-likeness (QED) is 0.700. The standard InChI is InChI=1S/C20H21NO6/c1-13(22)16(10-14-6-4-3-5-7-14)21-19(23)12-27-17-9-8-15(20(24)25)11-18(17)26-2/h3-9,11,16H,10,12H2,1-2H3,(H,21,23)(H,24,25). The van der Waals surface area contributed by atoms with E-state index in [9.17, 15) is 14.4 Å². The Labute approximate surface area is 156 Å². The summed E-state index contributed by atoms with van der Waals surface area (Å²) in [5.41, 5.74) is 0.980. The molecular formula is C20H21NO6. The number of carbonyl (C=O) groups excluding carboxylic acids is 2. The monoisotopic (exact) mass is 371 g/mol. The van der Waals surface area contributed by atoms with Crippen molar-refractivity contribution in [2.45, 2.75) is 19.4 Å². The Morgan fingerprint density at radius 3 is 2.37 bits per heavy atom. The summed E-state index contributed by atoms with van der Waals surface area (Å²) in [6, 6.07) is 12.8. The second-order valence-corrected chi connectivity index (χ2v) is 5.88. The van der Waals surface area contributed by atoms with Gasteiger partial charge in [0.1, 0.15) is 0 Å². The van der Waals surface area contributed by atoms with Crippen molar-refractivity contribution in [2.75, 3.05) is 13.7 Å². The Morgan fingerprint density at radius 2 is 1.78 bits per heavy atom. The third kappa shape index (κ3) is 5.85. The first kappa shape index (κ1) is 20.0. The number of Topliss-reactive ketones (excluding diaryl/α,β-unsaturated/α-hetero) is 1. The molecule has 1 atom stereocenters. The fourth-order valence-electron chi connectivity index (χ4n) is 2.45. The second kappa shape index (κ2) is 9.38. The lowest BCUT2D eigenvalue weighted by Crippen LogP contribution is -2.43. The highest BCUT2D eigenvalue weighted by molar-refractivity contribution is 5.89. The Hall–Kier alpha value is -3.35. The van der Waals surface area contributed by atoms with Gasteiger partial charge in [0, 0.05) is 0 Å². The van der Waals surface area contributed by atoms with Crippen LogP contribution in [0.15, 0.2) is 48.5 Å². The molecule has 2 rings (SSSR count). The molecule has 2 aromatic carbocycles. The van der Waals surface area contributed by atoms with Crippen LogP contribution in [0.3, 0.4) is 0 Å². The summed E-state index contributed by atoms with van der Waals surface area (Å²) in [7, 11) is 1.37. The normalized spacial score (nSPS) is 11.3. The minimum atomic E-state index is -1.09. The smallest absolute Gasteiger partial charge is 0.335 e. The molecule has 0 aliphatic heterocycles. The van der Waals surface area contributed by atoms with Crippen LogP contribution in [0.1, 0.15) is 22.8 Å². The van der Waals surface area contributed by atoms with Crippen molar-refractivity contribution < 1.29 is 29.0 Å². The first-order valence-electron chi connectivity index (χ1n) is 8.28. The number of carbonyl (C=O) groups is 3. The van der Waals surface area contributed by atoms with Crippen molar-refractivity contribution in [3.8, 4) is 11.5 Å². The number of ketones is 1. The van der Waals surface area contributed by atoms with Gasteiger partial charge in [0.15, 0.2) is 23.9 Å². The van der Waals surface area contributed by atoms with E-state index in [4.69, 9.17) is 14.6 Å². The molecule has 0 radical (unpaired) electrons. The van der Waals surface area contributed by atoms with Crippen LogP contribution in [0.2, 0.25) is 0 Å². The zero-order valence-electron chi connectivity index (χ0n) is 15.1. The van der Waals surface area contributed by atoms with Gasteiger partial charge < -0.3 is 19.9 Å². The topological polar surface area (TPSA) is 102 Å². The van der Waals surface area contributed by atoms with Gasteiger partial charge in [-0.05, 0) is 37.1 Å². The largest absolute Gasteiger partial charge is 0.493 e. The molecule has 2 aromatic rings. The first-order chi connectivity index (χ1) is 12.9. The van der Waals surface area contributed by atoms with Crippen LogP contribution in [-0.4, -0.2) is 42.5 Å². The number of aromatic carboxylic acids is 1. The minimum Gasteiger partial charge on any atom is -0.493 e. The lowest BCUT2D eigenvalue weighted by Gasteiger charge is -2.17. The zero-order chi connectivity index (χ0) is 19.8. The summed E-state index contributed by atoms with van der Waals surface area (Å²) in [5, 5.41) is 11.6. The average molecular weight is 371 g/mol. The van der Waals surface area contributed by atoms with Gasteiger partial charge in [-0.2, -0.15) is 0 Å². The maximum atomic E-state index is 12.2. The van der Waals surface area contributed by atoms with E-state index in [1.807, 2.05) is 30.3 Å². The number of rotatable bonds is 9. The lowest BCUT2D eigenvalue weighted by atomic mass is 10.0. The van der Waals surface area contributed by atoms with E-state index in [-0.39, 0.29) is 29.5 Å². The van der Waals surface area contributed by atoms with Crippen molar-refractivity contribution in [3.63, 3.8) is 0 Å². The highest BCUT2D eigenvalue weighted by Gasteiger charge is 2.18. The highest BCUT2D eigenvalue weighted by Crippen LogP contribution is 2.28. The predicted octanol–water partition coefficient (Wildman–Crippen LogP) is 2.09. The molecule has 142 valence electrons. The van der Waals surface area contributed by atoms with Crippen LogP contribution >= 0.6 is 0 Å². The second-order valence-electron chi connectivity index (χ2n) is 5.88. The molecule has 7 heteroatoms. The van der Waals surface area contributed by atoms with E-state index < -0.39 is 17.9 Å². The molecule has 7 nitrogen and oxygen atoms in total. The fraction of sp³-hybridized carbons (Fsp3) is 0.250. The first-order valence-corrected chi connectivity index (χ1v) is 8.28. The third-order valence-electron chi connectivity index (χ3n) is 3.88. The molecular weight excluding hydrogens is 350 g/mol. The molecule has 0 aliphatic carbocycles. The Bertz CT molecular complexity index is 818. The molecule has 2 N–H and O–H groups in total. The number of carboxylic acids is 1. The molecule has 0 heterocycles. The Morgan fingerprint density at radius 1 is 1.07 bits per heavy atom. The van der Waals surface area contributed by atoms with Crippen LogP contribution in [0.4, 0.5) is 0 Å². The van der Waals surface area contributed by atoms with Crippen molar-refractivity contribution in [1.82, 2.24) is 5.32 Å². The van der Waals surface area contributed by atoms with Gasteiger partial charge in [-0.3, -0.25) is 9.59 Å². The molecule has 1 unspecified atom stereocenters. The molecule has 0 bridgehead atoms. The van der Waals surface area contributed by atoms with Crippen molar-refractivity contribution >= 4 is 17.7 Å². The van der Waals surface area contributed by atoms with Crippen molar-refractivity contribution in [2.24, 2.45) is 0 Å². The van der Waals surface area contributed by atoms with Crippen LogP contribution in [0, 0.1) is 0 Å². The van der Waals surface area contributed by atoms with Gasteiger partial charge in [-0.15, -0.1) is 0 Å². The molecule has 0 saturated carbocycles. The number of hydrogen-bond donors (Lipinski definition) is 2. The number of benzene rings is 2. The Kier molecular flexibility index (Phi) is 6.93. The predicted molar refractivity (Wildman–Crippen MR) is 98.2 cm³/mol. The number of methoxy groups -OCH3 is 1. The molecule has 0 aliphatic rings. The van der Waals surface area contributed by atoms with Crippen LogP contribution in [0.25, 0.3) is 0 Å². The summed E-state index contributed by atoms with van der Waals surface area (Å²) in [4.78, 5) is 35.0. The zero-order valence-corrected chi connectivity index (χ0v) is 15.1. The minimum absolute atomic E-state index is 0.0446. The van der Waals surface area contributed by atoms with Crippen molar-refractivity contribution in [1.29, 1.82) is 0 Å². The van der Waals surface area contributed by atoms with E-state index >= 15 is 0 Å². The van der Waals surface area contributed by atoms with Gasteiger partial charge >= 0.3 is 5.97 Å². The van der Waals surface area contributed by atoms with Gasteiger partial charge in [0.25, 0.3) is 5.91 Å². The number of ether oxygens (including phenoxy) is 2. The summed E-state index contributed by atoms with van der Waals surface area (Å²) in [5.74, 6) is -1.27. The van der Waals surface area contributed by atoms with E-state index in [1.165, 1.54) is 32.2 Å². The number of carboxylic acid groups (broad SMARTS) is 1. The number of nitrogens with one attached hydrogen (secondary N) is 1. The molecule has 0 spiro atoms. The van der Waals surface area contributed by atoms with E-state index in [1.54, 1.807) is 0 Å². The molecule has 0 saturated heterocycles. The molecule has 1 amide bonds. The van der Waals surface area contributed by atoms with Gasteiger partial charge in [0.2, 0.25) is 0 Å². The highest BCUT2D eigenvalue weighted by atomic mass is 16.5. The molecule has 0 aromatic heterocycles.